The Kier molecular flexibility index (Phi) is 7.34. The Hall–Kier alpha value is -3.35. The van der Waals surface area contributed by atoms with Gasteiger partial charge in [0.1, 0.15) is 12.6 Å². The van der Waals surface area contributed by atoms with Crippen molar-refractivity contribution in [3.05, 3.63) is 59.7 Å². The Morgan fingerprint density at radius 3 is 1.97 bits per heavy atom. The SMILES string of the molecule is CCC(C)(CNC(=O)OCC1c2ccccc2-c2ccccc21)C(=O)NC(C(=O)O)C(C)(C)C. The van der Waals surface area contributed by atoms with Crippen molar-refractivity contribution >= 4 is 18.0 Å². The molecule has 0 heterocycles. The van der Waals surface area contributed by atoms with Crippen LogP contribution in [0, 0.1) is 10.8 Å². The summed E-state index contributed by atoms with van der Waals surface area (Å²) < 4.78 is 5.56. The first-order valence-corrected chi connectivity index (χ1v) is 11.6. The van der Waals surface area contributed by atoms with E-state index in [1.54, 1.807) is 27.7 Å². The van der Waals surface area contributed by atoms with Crippen molar-refractivity contribution in [2.75, 3.05) is 13.2 Å². The van der Waals surface area contributed by atoms with Crippen LogP contribution in [0.4, 0.5) is 4.79 Å². The lowest BCUT2D eigenvalue weighted by molar-refractivity contribution is -0.146. The number of amides is 2. The van der Waals surface area contributed by atoms with E-state index >= 15 is 0 Å². The smallest absolute Gasteiger partial charge is 0.407 e. The summed E-state index contributed by atoms with van der Waals surface area (Å²) in [5.74, 6) is -1.57. The summed E-state index contributed by atoms with van der Waals surface area (Å²) in [7, 11) is 0. The molecule has 3 rings (SSSR count). The molecule has 0 radical (unpaired) electrons. The van der Waals surface area contributed by atoms with Crippen molar-refractivity contribution in [3.63, 3.8) is 0 Å². The first-order valence-electron chi connectivity index (χ1n) is 11.6. The Bertz CT molecular complexity index is 1030. The zero-order valence-electron chi connectivity index (χ0n) is 20.5. The van der Waals surface area contributed by atoms with Gasteiger partial charge in [0, 0.05) is 12.5 Å². The summed E-state index contributed by atoms with van der Waals surface area (Å²) in [6.45, 7) is 9.00. The predicted octanol–water partition coefficient (Wildman–Crippen LogP) is 4.56. The number of nitrogens with one attached hydrogen (secondary N) is 2. The van der Waals surface area contributed by atoms with Crippen LogP contribution in [0.5, 0.6) is 0 Å². The lowest BCUT2D eigenvalue weighted by Gasteiger charge is -2.33. The van der Waals surface area contributed by atoms with E-state index in [0.717, 1.165) is 22.3 Å². The maximum atomic E-state index is 12.9. The molecule has 2 atom stereocenters. The summed E-state index contributed by atoms with van der Waals surface area (Å²) in [5, 5.41) is 14.9. The van der Waals surface area contributed by atoms with Gasteiger partial charge in [0.15, 0.2) is 0 Å². The summed E-state index contributed by atoms with van der Waals surface area (Å²) >= 11 is 0. The van der Waals surface area contributed by atoms with E-state index in [4.69, 9.17) is 4.74 Å². The molecule has 0 bridgehead atoms. The zero-order chi connectivity index (χ0) is 25.1. The molecule has 0 aliphatic heterocycles. The van der Waals surface area contributed by atoms with E-state index in [1.165, 1.54) is 0 Å². The van der Waals surface area contributed by atoms with Gasteiger partial charge < -0.3 is 20.5 Å². The third kappa shape index (κ3) is 5.24. The number of rotatable bonds is 8. The third-order valence-electron chi connectivity index (χ3n) is 6.68. The van der Waals surface area contributed by atoms with Crippen LogP contribution in [0.1, 0.15) is 58.1 Å². The van der Waals surface area contributed by atoms with Crippen LogP contribution in [-0.4, -0.2) is 42.3 Å². The van der Waals surface area contributed by atoms with Crippen LogP contribution in [0.3, 0.4) is 0 Å². The quantitative estimate of drug-likeness (QED) is 0.529. The first kappa shape index (κ1) is 25.3. The topological polar surface area (TPSA) is 105 Å². The van der Waals surface area contributed by atoms with Crippen molar-refractivity contribution in [3.8, 4) is 11.1 Å². The lowest BCUT2D eigenvalue weighted by atomic mass is 9.83. The second kappa shape index (κ2) is 9.87. The number of carboxylic acid groups (broad SMARTS) is 1. The van der Waals surface area contributed by atoms with Gasteiger partial charge in [-0.15, -0.1) is 0 Å². The summed E-state index contributed by atoms with van der Waals surface area (Å²) in [6, 6.07) is 15.1. The summed E-state index contributed by atoms with van der Waals surface area (Å²) in [4.78, 5) is 37.1. The van der Waals surface area contributed by atoms with Gasteiger partial charge in [0.05, 0.1) is 5.41 Å². The van der Waals surface area contributed by atoms with E-state index in [2.05, 4.69) is 22.8 Å². The first-order chi connectivity index (χ1) is 16.0. The monoisotopic (exact) mass is 466 g/mol. The Morgan fingerprint density at radius 1 is 0.971 bits per heavy atom. The molecule has 0 saturated carbocycles. The minimum Gasteiger partial charge on any atom is -0.480 e. The van der Waals surface area contributed by atoms with Crippen molar-refractivity contribution in [1.29, 1.82) is 0 Å². The fourth-order valence-corrected chi connectivity index (χ4v) is 4.24. The Labute approximate surface area is 200 Å². The molecule has 1 aliphatic carbocycles. The lowest BCUT2D eigenvalue weighted by Crippen LogP contribution is -2.55. The number of alkyl carbamates (subject to hydrolysis) is 1. The fourth-order valence-electron chi connectivity index (χ4n) is 4.24. The van der Waals surface area contributed by atoms with Gasteiger partial charge in [0.25, 0.3) is 0 Å². The number of carbonyl (C=O) groups excluding carboxylic acids is 2. The third-order valence-corrected chi connectivity index (χ3v) is 6.68. The average molecular weight is 467 g/mol. The van der Waals surface area contributed by atoms with E-state index in [-0.39, 0.29) is 19.1 Å². The molecule has 2 aromatic rings. The standard InChI is InChI=1S/C27H34N2O5/c1-6-27(5,24(32)29-22(23(30)31)26(2,3)4)16-28-25(33)34-15-21-19-13-9-7-11-17(19)18-12-8-10-14-20(18)21/h7-14,21-22H,6,15-16H2,1-5H3,(H,28,33)(H,29,32)(H,30,31). The van der Waals surface area contributed by atoms with Gasteiger partial charge in [-0.05, 0) is 41.0 Å². The molecule has 2 amide bonds. The number of benzene rings is 2. The highest BCUT2D eigenvalue weighted by Crippen LogP contribution is 2.44. The van der Waals surface area contributed by atoms with Crippen LogP contribution in [0.2, 0.25) is 0 Å². The molecule has 2 aromatic carbocycles. The van der Waals surface area contributed by atoms with E-state index < -0.39 is 34.8 Å². The molecule has 0 spiro atoms. The van der Waals surface area contributed by atoms with Gasteiger partial charge in [-0.3, -0.25) is 4.79 Å². The zero-order valence-corrected chi connectivity index (χ0v) is 20.5. The Balaban J connectivity index is 1.62. The molecule has 0 aromatic heterocycles. The largest absolute Gasteiger partial charge is 0.480 e. The minimum absolute atomic E-state index is 0.0302. The number of aliphatic carboxylic acids is 1. The van der Waals surface area contributed by atoms with Gasteiger partial charge in [-0.25, -0.2) is 9.59 Å². The maximum absolute atomic E-state index is 12.9. The van der Waals surface area contributed by atoms with Crippen LogP contribution in [0.25, 0.3) is 11.1 Å². The predicted molar refractivity (Wildman–Crippen MR) is 130 cm³/mol. The van der Waals surface area contributed by atoms with Gasteiger partial charge in [-0.2, -0.15) is 0 Å². The normalized spacial score (nSPS) is 15.4. The molecular formula is C27H34N2O5. The Morgan fingerprint density at radius 2 is 1.50 bits per heavy atom. The molecule has 7 heteroatoms. The van der Waals surface area contributed by atoms with Crippen molar-refractivity contribution in [2.24, 2.45) is 10.8 Å². The van der Waals surface area contributed by atoms with E-state index in [9.17, 15) is 19.5 Å². The molecule has 34 heavy (non-hydrogen) atoms. The minimum atomic E-state index is -1.09. The number of carboxylic acids is 1. The maximum Gasteiger partial charge on any atom is 0.407 e. The molecule has 7 nitrogen and oxygen atoms in total. The van der Waals surface area contributed by atoms with E-state index in [0.29, 0.717) is 6.42 Å². The van der Waals surface area contributed by atoms with Crippen LogP contribution < -0.4 is 10.6 Å². The second-order valence-electron chi connectivity index (χ2n) is 10.2. The van der Waals surface area contributed by atoms with Crippen molar-refractivity contribution in [1.82, 2.24) is 10.6 Å². The van der Waals surface area contributed by atoms with Crippen molar-refractivity contribution in [2.45, 2.75) is 53.0 Å². The molecule has 2 unspecified atom stereocenters. The molecular weight excluding hydrogens is 432 g/mol. The van der Waals surface area contributed by atoms with Gasteiger partial charge >= 0.3 is 12.1 Å². The number of hydrogen-bond acceptors (Lipinski definition) is 4. The highest BCUT2D eigenvalue weighted by molar-refractivity contribution is 5.88. The second-order valence-corrected chi connectivity index (χ2v) is 10.2. The van der Waals surface area contributed by atoms with Crippen LogP contribution >= 0.6 is 0 Å². The van der Waals surface area contributed by atoms with E-state index in [1.807, 2.05) is 43.3 Å². The number of hydrogen-bond donors (Lipinski definition) is 3. The van der Waals surface area contributed by atoms with Gasteiger partial charge in [0.2, 0.25) is 5.91 Å². The molecule has 182 valence electrons. The molecule has 0 saturated heterocycles. The number of fused-ring (bicyclic) bond motifs is 3. The molecule has 1 aliphatic rings. The highest BCUT2D eigenvalue weighted by atomic mass is 16.5. The number of carbonyl (C=O) groups is 3. The summed E-state index contributed by atoms with van der Waals surface area (Å²) in [5.41, 5.74) is 2.90. The fraction of sp³-hybridized carbons (Fsp3) is 0.444. The summed E-state index contributed by atoms with van der Waals surface area (Å²) in [6.07, 6.45) is -0.196. The van der Waals surface area contributed by atoms with Crippen LogP contribution in [-0.2, 0) is 14.3 Å². The van der Waals surface area contributed by atoms with Crippen molar-refractivity contribution < 1.29 is 24.2 Å². The van der Waals surface area contributed by atoms with Gasteiger partial charge in [-0.1, -0.05) is 76.2 Å². The molecule has 0 fully saturated rings. The average Bonchev–Trinajstić information content (AvgIpc) is 3.12. The number of ether oxygens (including phenoxy) is 1. The molecule has 3 N–H and O–H groups in total. The highest BCUT2D eigenvalue weighted by Gasteiger charge is 2.39. The van der Waals surface area contributed by atoms with Crippen LogP contribution in [0.15, 0.2) is 48.5 Å².